The molecule has 184 valence electrons. The summed E-state index contributed by atoms with van der Waals surface area (Å²) >= 11 is 1.17. The Hall–Kier alpha value is -1.61. The van der Waals surface area contributed by atoms with E-state index in [0.29, 0.717) is 23.9 Å². The molecule has 8 nitrogen and oxygen atoms in total. The van der Waals surface area contributed by atoms with Gasteiger partial charge in [-0.1, -0.05) is 46.4 Å². The Bertz CT molecular complexity index is 924. The third-order valence-corrected chi connectivity index (χ3v) is 10.5. The molecule has 0 amide bonds. The molecule has 2 bridgehead atoms. The molecule has 0 spiro atoms. The van der Waals surface area contributed by atoms with Crippen LogP contribution in [0.5, 0.6) is 0 Å². The van der Waals surface area contributed by atoms with Crippen LogP contribution in [0.25, 0.3) is 0 Å². The number of carbonyl (C=O) groups is 2. The zero-order valence-electron chi connectivity index (χ0n) is 20.4. The second-order valence-corrected chi connectivity index (χ2v) is 12.1. The Morgan fingerprint density at radius 2 is 2.06 bits per heavy atom. The molecule has 0 aromatic carbocycles. The number of anilines is 1. The van der Waals surface area contributed by atoms with Gasteiger partial charge in [-0.25, -0.2) is 5.10 Å². The number of thioether (sulfide) groups is 1. The number of nitrogens with one attached hydrogen (secondary N) is 1. The predicted molar refractivity (Wildman–Crippen MR) is 126 cm³/mol. The van der Waals surface area contributed by atoms with Crippen molar-refractivity contribution in [2.75, 3.05) is 11.5 Å². The Labute approximate surface area is 200 Å². The van der Waals surface area contributed by atoms with Crippen LogP contribution in [0.2, 0.25) is 0 Å². The highest BCUT2D eigenvalue weighted by Gasteiger charge is 2.68. The Balaban J connectivity index is 1.68. The summed E-state index contributed by atoms with van der Waals surface area (Å²) in [5, 5.41) is 18.6. The lowest BCUT2D eigenvalue weighted by Crippen LogP contribution is -2.63. The molecule has 1 heterocycles. The number of ketones is 1. The van der Waals surface area contributed by atoms with Gasteiger partial charge in [0.1, 0.15) is 11.9 Å². The number of hydrogen-bond donors (Lipinski definition) is 3. The monoisotopic (exact) mass is 478 g/mol. The molecular weight excluding hydrogens is 440 g/mol. The summed E-state index contributed by atoms with van der Waals surface area (Å²) in [6.45, 7) is 10.8. The summed E-state index contributed by atoms with van der Waals surface area (Å²) < 4.78 is 6.19. The molecule has 3 aliphatic rings. The average Bonchev–Trinajstić information content (AvgIpc) is 3.37. The summed E-state index contributed by atoms with van der Waals surface area (Å²) in [5.41, 5.74) is 4.46. The molecule has 4 rings (SSSR count). The van der Waals surface area contributed by atoms with Gasteiger partial charge in [-0.15, -0.1) is 5.10 Å². The van der Waals surface area contributed by atoms with Crippen LogP contribution < -0.4 is 5.73 Å². The van der Waals surface area contributed by atoms with Crippen molar-refractivity contribution in [3.8, 4) is 0 Å². The molecular formula is C24H38N4O4S. The molecule has 1 aromatic rings. The number of esters is 1. The van der Waals surface area contributed by atoms with Gasteiger partial charge in [0.05, 0.1) is 11.9 Å². The molecule has 0 aliphatic heterocycles. The lowest BCUT2D eigenvalue weighted by atomic mass is 9.43. The van der Waals surface area contributed by atoms with Gasteiger partial charge < -0.3 is 15.6 Å². The molecule has 3 aliphatic carbocycles. The first-order chi connectivity index (χ1) is 15.5. The summed E-state index contributed by atoms with van der Waals surface area (Å²) in [4.78, 5) is 30.4. The number of hydrogen-bond acceptors (Lipinski definition) is 8. The maximum atomic E-state index is 13.4. The van der Waals surface area contributed by atoms with Gasteiger partial charge in [-0.2, -0.15) is 4.98 Å². The first-order valence-electron chi connectivity index (χ1n) is 12.2. The van der Waals surface area contributed by atoms with E-state index in [4.69, 9.17) is 10.5 Å². The molecule has 8 atom stereocenters. The number of aromatic amines is 1. The van der Waals surface area contributed by atoms with Gasteiger partial charge in [-0.3, -0.25) is 9.59 Å². The number of ether oxygens (including phenoxy) is 1. The number of aliphatic hydroxyl groups excluding tert-OH is 1. The fraction of sp³-hybridized carbons (Fsp3) is 0.833. The number of nitrogens with two attached hydrogens (primary N) is 1. The van der Waals surface area contributed by atoms with E-state index in [2.05, 4.69) is 49.8 Å². The maximum absolute atomic E-state index is 13.4. The van der Waals surface area contributed by atoms with Crippen molar-refractivity contribution in [2.45, 2.75) is 90.5 Å². The SMILES string of the molecule is CC[C@]1(C)C[C@@H](OC(=O)CSc2n[nH]c(N)n2)[C@]2(C)CC[C@@H](C)[C@@]3(CCC(=O)[C@@H]23)[C@@H](C)[C@@H]1O. The molecule has 0 unspecified atom stereocenters. The van der Waals surface area contributed by atoms with Crippen molar-refractivity contribution < 1.29 is 19.4 Å². The fourth-order valence-electron chi connectivity index (χ4n) is 7.51. The average molecular weight is 479 g/mol. The van der Waals surface area contributed by atoms with Gasteiger partial charge in [0.2, 0.25) is 11.1 Å². The van der Waals surface area contributed by atoms with Crippen molar-refractivity contribution >= 4 is 29.5 Å². The van der Waals surface area contributed by atoms with E-state index >= 15 is 0 Å². The van der Waals surface area contributed by atoms with Gasteiger partial charge in [0, 0.05) is 17.8 Å². The molecule has 3 saturated carbocycles. The molecule has 4 N–H and O–H groups in total. The third kappa shape index (κ3) is 3.79. The summed E-state index contributed by atoms with van der Waals surface area (Å²) in [5.74, 6) is 0.337. The van der Waals surface area contributed by atoms with E-state index < -0.39 is 23.0 Å². The van der Waals surface area contributed by atoms with Gasteiger partial charge in [0.25, 0.3) is 0 Å². The normalized spacial score (nSPS) is 43.0. The number of aromatic nitrogens is 3. The minimum Gasteiger partial charge on any atom is -0.461 e. The van der Waals surface area contributed by atoms with Gasteiger partial charge in [0.15, 0.2) is 0 Å². The zero-order chi connectivity index (χ0) is 24.2. The number of rotatable bonds is 5. The van der Waals surface area contributed by atoms with E-state index in [0.717, 1.165) is 25.7 Å². The second kappa shape index (κ2) is 8.56. The standard InChI is InChI=1S/C24H38N4O4S/c1-6-22(4)11-16(32-17(30)12-33-21-26-20(25)27-28-21)23(5)9-7-13(2)24(14(3)19(22)31)10-8-15(29)18(23)24/h13-14,16,18-19,31H,6-12H2,1-5H3,(H3,25,26,27,28)/t13-,14+,16-,18+,19+,22-,23+,24+/m1/s1. The van der Waals surface area contributed by atoms with Gasteiger partial charge >= 0.3 is 5.97 Å². The van der Waals surface area contributed by atoms with Crippen LogP contribution in [-0.4, -0.2) is 50.0 Å². The lowest BCUT2D eigenvalue weighted by Gasteiger charge is -2.62. The van der Waals surface area contributed by atoms with Crippen LogP contribution in [0.1, 0.15) is 73.1 Å². The number of aliphatic hydroxyl groups is 1. The Morgan fingerprint density at radius 3 is 2.70 bits per heavy atom. The van der Waals surface area contributed by atoms with Crippen molar-refractivity contribution in [3.63, 3.8) is 0 Å². The van der Waals surface area contributed by atoms with Crippen molar-refractivity contribution in [3.05, 3.63) is 0 Å². The lowest BCUT2D eigenvalue weighted by molar-refractivity contribution is -0.209. The van der Waals surface area contributed by atoms with E-state index in [1.54, 1.807) is 0 Å². The molecule has 33 heavy (non-hydrogen) atoms. The predicted octanol–water partition coefficient (Wildman–Crippen LogP) is 3.61. The highest BCUT2D eigenvalue weighted by Crippen LogP contribution is 2.68. The smallest absolute Gasteiger partial charge is 0.316 e. The minimum absolute atomic E-state index is 0.0110. The summed E-state index contributed by atoms with van der Waals surface area (Å²) in [7, 11) is 0. The van der Waals surface area contributed by atoms with Crippen LogP contribution in [-0.2, 0) is 14.3 Å². The van der Waals surface area contributed by atoms with Crippen molar-refractivity contribution in [2.24, 2.45) is 34.0 Å². The minimum atomic E-state index is -0.562. The largest absolute Gasteiger partial charge is 0.461 e. The third-order valence-electron chi connectivity index (χ3n) is 9.66. The van der Waals surface area contributed by atoms with Crippen LogP contribution in [0.3, 0.4) is 0 Å². The number of Topliss-reactive ketones (excluding diaryl/α,β-unsaturated/α-hetero) is 1. The van der Waals surface area contributed by atoms with E-state index in [-0.39, 0.29) is 40.7 Å². The number of nitrogens with zero attached hydrogens (tertiary/aromatic N) is 2. The van der Waals surface area contributed by atoms with E-state index in [9.17, 15) is 14.7 Å². The maximum Gasteiger partial charge on any atom is 0.316 e. The number of nitrogen functional groups attached to an aromatic ring is 1. The quantitative estimate of drug-likeness (QED) is 0.432. The summed E-state index contributed by atoms with van der Waals surface area (Å²) in [6, 6.07) is 0. The first kappa shape index (κ1) is 24.5. The molecule has 3 fully saturated rings. The van der Waals surface area contributed by atoms with Gasteiger partial charge in [-0.05, 0) is 54.8 Å². The zero-order valence-corrected chi connectivity index (χ0v) is 21.2. The molecule has 9 heteroatoms. The summed E-state index contributed by atoms with van der Waals surface area (Å²) in [6.07, 6.45) is 3.50. The van der Waals surface area contributed by atoms with Crippen molar-refractivity contribution in [1.82, 2.24) is 15.2 Å². The van der Waals surface area contributed by atoms with Crippen LogP contribution >= 0.6 is 11.8 Å². The molecule has 0 radical (unpaired) electrons. The van der Waals surface area contributed by atoms with E-state index in [1.165, 1.54) is 11.8 Å². The van der Waals surface area contributed by atoms with Crippen LogP contribution in [0.4, 0.5) is 5.95 Å². The fourth-order valence-corrected chi connectivity index (χ4v) is 8.10. The van der Waals surface area contributed by atoms with E-state index in [1.807, 2.05) is 0 Å². The highest BCUT2D eigenvalue weighted by molar-refractivity contribution is 7.99. The van der Waals surface area contributed by atoms with Crippen LogP contribution in [0.15, 0.2) is 5.16 Å². The number of H-pyrrole nitrogens is 1. The molecule has 1 aromatic heterocycles. The first-order valence-corrected chi connectivity index (χ1v) is 13.2. The van der Waals surface area contributed by atoms with Crippen LogP contribution in [0, 0.1) is 34.0 Å². The number of carbonyl (C=O) groups excluding carboxylic acids is 2. The molecule has 0 saturated heterocycles. The highest BCUT2D eigenvalue weighted by atomic mass is 32.2. The Morgan fingerprint density at radius 1 is 1.33 bits per heavy atom. The Kier molecular flexibility index (Phi) is 6.36. The second-order valence-electron chi connectivity index (χ2n) is 11.2. The topological polar surface area (TPSA) is 131 Å². The van der Waals surface area contributed by atoms with Crippen molar-refractivity contribution in [1.29, 1.82) is 0 Å².